The van der Waals surface area contributed by atoms with Crippen LogP contribution in [0.25, 0.3) is 43.6 Å². The van der Waals surface area contributed by atoms with E-state index in [9.17, 15) is 30.6 Å². The van der Waals surface area contributed by atoms with Crippen LogP contribution < -0.4 is 35.6 Å². The van der Waals surface area contributed by atoms with Crippen molar-refractivity contribution in [2.45, 2.75) is 129 Å². The Morgan fingerprint density at radius 1 is 0.395 bits per heavy atom. The van der Waals surface area contributed by atoms with Crippen molar-refractivity contribution >= 4 is 101 Å². The van der Waals surface area contributed by atoms with Crippen molar-refractivity contribution in [2.24, 2.45) is 0 Å². The van der Waals surface area contributed by atoms with Crippen molar-refractivity contribution in [3.8, 4) is 24.3 Å². The molecule has 119 heavy (non-hydrogen) atoms. The summed E-state index contributed by atoms with van der Waals surface area (Å²) in [4.78, 5) is 78.6. The Hall–Kier alpha value is -9.73. The van der Waals surface area contributed by atoms with Crippen molar-refractivity contribution in [1.82, 2.24) is 80.3 Å². The number of pyridine rings is 8. The molecule has 8 saturated heterocycles. The van der Waals surface area contributed by atoms with Crippen LogP contribution in [0, 0.1) is 45.3 Å². The first-order valence-electron chi connectivity index (χ1n) is 41.4. The normalized spacial score (nSPS) is 22.8. The van der Waals surface area contributed by atoms with Gasteiger partial charge in [-0.05, 0) is 118 Å². The molecule has 16 rings (SSSR count). The lowest BCUT2D eigenvalue weighted by atomic mass is 10.1. The molecule has 0 aromatic carbocycles. The molecular weight excluding hydrogens is 1620 g/mol. The van der Waals surface area contributed by atoms with E-state index in [1.165, 1.54) is 0 Å². The molecule has 0 spiro atoms. The van der Waals surface area contributed by atoms with Gasteiger partial charge < -0.3 is 73.8 Å². The van der Waals surface area contributed by atoms with Crippen LogP contribution in [-0.4, -0.2) is 318 Å². The predicted molar refractivity (Wildman–Crippen MR) is 466 cm³/mol. The molecule has 8 aromatic rings. The van der Waals surface area contributed by atoms with Crippen molar-refractivity contribution < 1.29 is 38.0 Å². The van der Waals surface area contributed by atoms with Gasteiger partial charge in [0.05, 0.1) is 96.4 Å². The van der Waals surface area contributed by atoms with Gasteiger partial charge >= 0.3 is 12.2 Å². The maximum Gasteiger partial charge on any atom is 0.410 e. The lowest BCUT2D eigenvalue weighted by Crippen LogP contribution is -2.55. The topological polar surface area (TPSA) is 353 Å². The lowest BCUT2D eigenvalue weighted by molar-refractivity contribution is -0.0393. The van der Waals surface area contributed by atoms with Crippen LogP contribution >= 0.6 is 22.6 Å². The molecule has 0 unspecified atom stereocenters. The summed E-state index contributed by atoms with van der Waals surface area (Å²) in [6, 6.07) is 24.2. The minimum absolute atomic E-state index is 0.0317. The fourth-order valence-corrected chi connectivity index (χ4v) is 16.7. The van der Waals surface area contributed by atoms with Crippen LogP contribution in [0.5, 0.6) is 0 Å². The van der Waals surface area contributed by atoms with E-state index in [1.807, 2.05) is 102 Å². The maximum absolute atomic E-state index is 12.3. The van der Waals surface area contributed by atoms with Crippen LogP contribution in [-0.2, 0) is 28.4 Å². The third-order valence-corrected chi connectivity index (χ3v) is 22.3. The largest absolute Gasteiger partial charge is 0.444 e. The highest BCUT2D eigenvalue weighted by Gasteiger charge is 2.35. The first kappa shape index (κ1) is 88.6. The number of carbonyl (C=O) groups excluding carboxylic acids is 2. The Morgan fingerprint density at radius 2 is 0.655 bits per heavy atom. The van der Waals surface area contributed by atoms with Gasteiger partial charge in [0.2, 0.25) is 0 Å². The average molecular weight is 1740 g/mol. The average Bonchev–Trinajstić information content (AvgIpc) is 0.795. The van der Waals surface area contributed by atoms with Gasteiger partial charge in [0.1, 0.15) is 57.5 Å². The predicted octanol–water partition coefficient (Wildman–Crippen LogP) is 8.01. The van der Waals surface area contributed by atoms with Crippen molar-refractivity contribution in [3.63, 3.8) is 0 Å². The molecule has 2 amide bonds. The highest BCUT2D eigenvalue weighted by Crippen LogP contribution is 2.35. The number of hydrogen-bond acceptors (Lipinski definition) is 30. The molecule has 8 aromatic heterocycles. The summed E-state index contributed by atoms with van der Waals surface area (Å²) < 4.78 is 36.3. The molecule has 8 fully saturated rings. The molecular formula is C86H113IN24O8. The standard InChI is InChI=1S/C24H32N6O3.2C19H24N6O.C15H15IN4O.C9H18N2O2/c1-17-14-30(21-13-27-20(12-25)22-19(21)6-5-7-26-22)16-18(32-17)15-28-8-10-29(11-9-28)23(31)33-24(2,3)4;2*1-14-11-25(13-15(26-14)12-24-7-5-21-6-8-24)18-10-23-17(9-20)19-16(18)3-2-4-22-19;1-10-8-20(9-11(5-16)21-10)14-7-19-13(6-17)15-12(14)3-2-4-18-15;1-9(2,3)13-8(12)11-6-4-10-5-7-11/h5-7,13,17-18H,8-11,14-16H2,1-4H3;2*2-4,10,14-15,21H,5-8,11-13H2,1H3;2-4,7,10-11H,5,8-9H2,1H3;10H,4-7H2,1-3H3/t17-,18+;2*14-,15+;10-,11+;/m1111./s1. The number of ether oxygens (including phenoxy) is 6. The highest BCUT2D eigenvalue weighted by molar-refractivity contribution is 14.1. The Bertz CT molecular complexity index is 4750. The monoisotopic (exact) mass is 1740 g/mol. The van der Waals surface area contributed by atoms with Crippen LogP contribution in [0.4, 0.5) is 32.3 Å². The molecule has 0 radical (unpaired) electrons. The zero-order valence-electron chi connectivity index (χ0n) is 70.2. The number of aromatic nitrogens is 8. The van der Waals surface area contributed by atoms with Crippen molar-refractivity contribution in [2.75, 3.05) is 201 Å². The maximum atomic E-state index is 12.3. The smallest absolute Gasteiger partial charge is 0.410 e. The van der Waals surface area contributed by atoms with Gasteiger partial charge in [-0.3, -0.25) is 34.6 Å². The zero-order chi connectivity index (χ0) is 84.2. The highest BCUT2D eigenvalue weighted by atomic mass is 127. The number of alkyl halides is 1. The lowest BCUT2D eigenvalue weighted by Gasteiger charge is -2.42. The Balaban J connectivity index is 0.000000140. The summed E-state index contributed by atoms with van der Waals surface area (Å²) in [6.07, 6.45) is 14.7. The van der Waals surface area contributed by atoms with Gasteiger partial charge in [-0.2, -0.15) is 21.0 Å². The molecule has 632 valence electrons. The third kappa shape index (κ3) is 24.3. The van der Waals surface area contributed by atoms with Gasteiger partial charge in [0.15, 0.2) is 22.8 Å². The second kappa shape index (κ2) is 42.0. The van der Waals surface area contributed by atoms with Gasteiger partial charge in [0.25, 0.3) is 0 Å². The van der Waals surface area contributed by atoms with Gasteiger partial charge in [-0.15, -0.1) is 0 Å². The number of nitriles is 4. The molecule has 16 heterocycles. The number of piperazine rings is 4. The van der Waals surface area contributed by atoms with E-state index in [1.54, 1.807) is 47.0 Å². The first-order chi connectivity index (χ1) is 57.4. The summed E-state index contributed by atoms with van der Waals surface area (Å²) in [5.41, 5.74) is 7.33. The first-order valence-corrected chi connectivity index (χ1v) is 42.9. The van der Waals surface area contributed by atoms with E-state index < -0.39 is 5.60 Å². The zero-order valence-corrected chi connectivity index (χ0v) is 72.3. The Labute approximate surface area is 711 Å². The summed E-state index contributed by atoms with van der Waals surface area (Å²) >= 11 is 2.35. The van der Waals surface area contributed by atoms with Crippen LogP contribution in [0.2, 0.25) is 0 Å². The number of nitrogens with one attached hydrogen (secondary N) is 3. The van der Waals surface area contributed by atoms with E-state index in [0.717, 1.165) is 212 Å². The fourth-order valence-electron chi connectivity index (χ4n) is 16.2. The molecule has 0 aliphatic carbocycles. The summed E-state index contributed by atoms with van der Waals surface area (Å²) in [6.45, 7) is 43.4. The molecule has 0 bridgehead atoms. The minimum Gasteiger partial charge on any atom is -0.444 e. The second-order valence-corrected chi connectivity index (χ2v) is 34.0. The van der Waals surface area contributed by atoms with E-state index in [2.05, 4.69) is 165 Å². The molecule has 33 heteroatoms. The van der Waals surface area contributed by atoms with Crippen LogP contribution in [0.3, 0.4) is 0 Å². The number of morpholine rings is 4. The van der Waals surface area contributed by atoms with Crippen molar-refractivity contribution in [3.05, 3.63) is 121 Å². The number of anilines is 4. The number of carbonyl (C=O) groups is 2. The van der Waals surface area contributed by atoms with Crippen LogP contribution in [0.15, 0.2) is 98.1 Å². The second-order valence-electron chi connectivity index (χ2n) is 33.1. The minimum atomic E-state index is -0.482. The van der Waals surface area contributed by atoms with Gasteiger partial charge in [-0.1, -0.05) is 22.6 Å². The Kier molecular flexibility index (Phi) is 31.2. The van der Waals surface area contributed by atoms with Crippen molar-refractivity contribution in [1.29, 1.82) is 21.0 Å². The number of nitrogens with zero attached hydrogens (tertiary/aromatic N) is 21. The van der Waals surface area contributed by atoms with E-state index in [-0.39, 0.29) is 66.6 Å². The number of halogens is 1. The van der Waals surface area contributed by atoms with Gasteiger partial charge in [-0.25, -0.2) is 29.5 Å². The SMILES string of the molecule is CC(C)(C)OC(=O)N1CCNCC1.C[C@@H]1CN(c2cnc(C#N)c3ncccc23)C[C@H](CI)O1.C[C@@H]1CN(c2cnc(C#N)c3ncccc23)C[C@H](CN2CCN(C(=O)OC(C)(C)C)CC2)O1.C[C@@H]1CN(c2cnc(C#N)c3ncccc23)C[C@H](CN2CCNCC2)O1.C[C@@H]1CN(c2cnc(C#N)c3ncccc23)C[C@H](CN2CCNCC2)O1. The number of rotatable bonds is 11. The molecule has 8 atom stereocenters. The molecule has 3 N–H and O–H groups in total. The number of fused-ring (bicyclic) bond motifs is 4. The van der Waals surface area contributed by atoms with Gasteiger partial charge in [0, 0.05) is 227 Å². The molecule has 8 aliphatic rings. The van der Waals surface area contributed by atoms with E-state index in [4.69, 9.17) is 28.4 Å². The summed E-state index contributed by atoms with van der Waals surface area (Å²) in [5.74, 6) is 0. The quantitative estimate of drug-likeness (QED) is 0.0815. The van der Waals surface area contributed by atoms with E-state index >= 15 is 0 Å². The molecule has 32 nitrogen and oxygen atoms in total. The van der Waals surface area contributed by atoms with E-state index in [0.29, 0.717) is 57.9 Å². The Morgan fingerprint density at radius 3 is 0.933 bits per heavy atom. The number of amides is 2. The third-order valence-electron chi connectivity index (χ3n) is 21.4. The molecule has 8 aliphatic heterocycles. The van der Waals surface area contributed by atoms with Crippen LogP contribution in [0.1, 0.15) is 92.0 Å². The number of hydrogen-bond donors (Lipinski definition) is 3. The summed E-state index contributed by atoms with van der Waals surface area (Å²) in [5, 5.41) is 51.0. The summed E-state index contributed by atoms with van der Waals surface area (Å²) in [7, 11) is 0. The fraction of sp³-hybridized carbons (Fsp3) is 0.558. The molecule has 0 saturated carbocycles.